The van der Waals surface area contributed by atoms with Gasteiger partial charge in [0.1, 0.15) is 5.75 Å². The van der Waals surface area contributed by atoms with Gasteiger partial charge in [-0.15, -0.1) is 10.2 Å². The molecule has 0 aliphatic heterocycles. The van der Waals surface area contributed by atoms with Crippen LogP contribution in [0.1, 0.15) is 19.8 Å². The molecule has 0 aliphatic rings. The van der Waals surface area contributed by atoms with Crippen LogP contribution in [0.25, 0.3) is 11.4 Å². The first-order chi connectivity index (χ1) is 9.93. The molecule has 0 unspecified atom stereocenters. The molecule has 0 atom stereocenters. The summed E-state index contributed by atoms with van der Waals surface area (Å²) in [5.74, 6) is 1.19. The summed E-state index contributed by atoms with van der Waals surface area (Å²) in [5.41, 5.74) is 0.736. The van der Waals surface area contributed by atoms with E-state index in [0.29, 0.717) is 12.4 Å². The minimum Gasteiger partial charge on any atom is -0.494 e. The van der Waals surface area contributed by atoms with Crippen LogP contribution >= 0.6 is 10.7 Å². The molecular formula is C13H16ClN3O3S. The van der Waals surface area contributed by atoms with E-state index in [4.69, 9.17) is 15.4 Å². The molecule has 0 bridgehead atoms. The number of aromatic nitrogens is 3. The van der Waals surface area contributed by atoms with Crippen LogP contribution in [-0.4, -0.2) is 29.8 Å². The summed E-state index contributed by atoms with van der Waals surface area (Å²) in [6, 6.07) is 7.23. The third-order valence-corrected chi connectivity index (χ3v) is 4.14. The molecule has 0 saturated carbocycles. The number of nitrogens with zero attached hydrogens (tertiary/aromatic N) is 3. The number of hydrogen-bond donors (Lipinski definition) is 0. The summed E-state index contributed by atoms with van der Waals surface area (Å²) in [6.45, 7) is 2.78. The maximum absolute atomic E-state index is 11.3. The summed E-state index contributed by atoms with van der Waals surface area (Å²) < 4.78 is 29.6. The van der Waals surface area contributed by atoms with Gasteiger partial charge in [0, 0.05) is 23.3 Å². The van der Waals surface area contributed by atoms with E-state index in [0.717, 1.165) is 24.2 Å². The van der Waals surface area contributed by atoms with E-state index in [2.05, 4.69) is 17.1 Å². The summed E-state index contributed by atoms with van der Waals surface area (Å²) in [6.07, 6.45) is 2.08. The highest BCUT2D eigenvalue weighted by molar-refractivity contribution is 8.13. The number of unbranched alkanes of at least 4 members (excludes halogenated alkanes) is 1. The molecule has 6 nitrogen and oxygen atoms in total. The number of halogens is 1. The van der Waals surface area contributed by atoms with E-state index >= 15 is 0 Å². The standard InChI is InChI=1S/C13H16ClN3O3S/c1-3-4-9-20-11-7-5-10(6-8-11)12-15-16-13(17(12)2)21(14,18)19/h5-8H,3-4,9H2,1-2H3. The molecule has 0 radical (unpaired) electrons. The van der Waals surface area contributed by atoms with Gasteiger partial charge in [0.05, 0.1) is 6.61 Å². The maximum Gasteiger partial charge on any atom is 0.296 e. The highest BCUT2D eigenvalue weighted by atomic mass is 35.7. The first-order valence-corrected chi connectivity index (χ1v) is 8.81. The predicted molar refractivity (Wildman–Crippen MR) is 79.9 cm³/mol. The molecule has 0 N–H and O–H groups in total. The largest absolute Gasteiger partial charge is 0.494 e. The average Bonchev–Trinajstić information content (AvgIpc) is 2.82. The third kappa shape index (κ3) is 3.74. The highest BCUT2D eigenvalue weighted by Gasteiger charge is 2.20. The Balaban J connectivity index is 2.22. The Bertz CT molecular complexity index is 711. The van der Waals surface area contributed by atoms with Gasteiger partial charge in [-0.3, -0.25) is 4.57 Å². The van der Waals surface area contributed by atoms with Gasteiger partial charge in [-0.1, -0.05) is 13.3 Å². The Morgan fingerprint density at radius 3 is 2.43 bits per heavy atom. The minimum atomic E-state index is -3.91. The summed E-state index contributed by atoms with van der Waals surface area (Å²) in [4.78, 5) is 0. The Labute approximate surface area is 128 Å². The topological polar surface area (TPSA) is 74.1 Å². The fourth-order valence-corrected chi connectivity index (χ4v) is 2.77. The van der Waals surface area contributed by atoms with Gasteiger partial charge in [-0.25, -0.2) is 8.42 Å². The Morgan fingerprint density at radius 2 is 1.90 bits per heavy atom. The molecule has 1 aromatic carbocycles. The van der Waals surface area contributed by atoms with E-state index < -0.39 is 9.05 Å². The molecule has 0 amide bonds. The van der Waals surface area contributed by atoms with Gasteiger partial charge in [0.15, 0.2) is 5.82 Å². The van der Waals surface area contributed by atoms with E-state index in [1.807, 2.05) is 12.1 Å². The fraction of sp³-hybridized carbons (Fsp3) is 0.385. The van der Waals surface area contributed by atoms with Crippen molar-refractivity contribution in [1.29, 1.82) is 0 Å². The lowest BCUT2D eigenvalue weighted by Crippen LogP contribution is -2.02. The van der Waals surface area contributed by atoms with Gasteiger partial charge >= 0.3 is 0 Å². The lowest BCUT2D eigenvalue weighted by Gasteiger charge is -2.06. The van der Waals surface area contributed by atoms with Crippen LogP contribution in [0.4, 0.5) is 0 Å². The Morgan fingerprint density at radius 1 is 1.24 bits per heavy atom. The Kier molecular flexibility index (Phi) is 4.84. The molecule has 1 aromatic heterocycles. The fourth-order valence-electron chi connectivity index (χ4n) is 1.81. The van der Waals surface area contributed by atoms with Crippen LogP contribution in [-0.2, 0) is 16.1 Å². The molecular weight excluding hydrogens is 314 g/mol. The minimum absolute atomic E-state index is 0.276. The summed E-state index contributed by atoms with van der Waals surface area (Å²) in [7, 11) is 2.93. The molecule has 21 heavy (non-hydrogen) atoms. The van der Waals surface area contributed by atoms with Crippen molar-refractivity contribution in [2.24, 2.45) is 7.05 Å². The maximum atomic E-state index is 11.3. The SMILES string of the molecule is CCCCOc1ccc(-c2nnc(S(=O)(=O)Cl)n2C)cc1. The van der Waals surface area contributed by atoms with Gasteiger partial charge < -0.3 is 4.74 Å². The van der Waals surface area contributed by atoms with Crippen molar-refractivity contribution in [2.45, 2.75) is 24.9 Å². The van der Waals surface area contributed by atoms with Crippen molar-refractivity contribution in [3.63, 3.8) is 0 Å². The second-order valence-corrected chi connectivity index (χ2v) is 6.99. The lowest BCUT2D eigenvalue weighted by atomic mass is 10.2. The first kappa shape index (κ1) is 15.8. The van der Waals surface area contributed by atoms with Crippen molar-refractivity contribution >= 4 is 19.7 Å². The van der Waals surface area contributed by atoms with Crippen molar-refractivity contribution in [3.05, 3.63) is 24.3 Å². The van der Waals surface area contributed by atoms with Crippen molar-refractivity contribution in [2.75, 3.05) is 6.61 Å². The molecule has 0 aliphatic carbocycles. The first-order valence-electron chi connectivity index (χ1n) is 6.50. The van der Waals surface area contributed by atoms with Crippen molar-refractivity contribution in [3.8, 4) is 17.1 Å². The quantitative estimate of drug-likeness (QED) is 0.601. The Hall–Kier alpha value is -1.60. The van der Waals surface area contributed by atoms with E-state index in [1.54, 1.807) is 19.2 Å². The highest BCUT2D eigenvalue weighted by Crippen LogP contribution is 2.23. The zero-order valence-corrected chi connectivity index (χ0v) is 13.4. The smallest absolute Gasteiger partial charge is 0.296 e. The molecule has 0 fully saturated rings. The number of rotatable bonds is 6. The monoisotopic (exact) mass is 329 g/mol. The van der Waals surface area contributed by atoms with Gasteiger partial charge in [0.25, 0.3) is 14.2 Å². The van der Waals surface area contributed by atoms with Gasteiger partial charge in [-0.05, 0) is 30.7 Å². The van der Waals surface area contributed by atoms with Crippen LogP contribution in [0.5, 0.6) is 5.75 Å². The van der Waals surface area contributed by atoms with Crippen molar-refractivity contribution < 1.29 is 13.2 Å². The third-order valence-electron chi connectivity index (χ3n) is 2.93. The number of benzene rings is 1. The zero-order valence-electron chi connectivity index (χ0n) is 11.8. The molecule has 0 saturated heterocycles. The zero-order chi connectivity index (χ0) is 15.5. The number of ether oxygens (including phenoxy) is 1. The second kappa shape index (κ2) is 6.44. The van der Waals surface area contributed by atoms with Gasteiger partial charge in [-0.2, -0.15) is 0 Å². The van der Waals surface area contributed by atoms with Crippen molar-refractivity contribution in [1.82, 2.24) is 14.8 Å². The molecule has 1 heterocycles. The molecule has 2 rings (SSSR count). The van der Waals surface area contributed by atoms with Crippen LogP contribution < -0.4 is 4.74 Å². The average molecular weight is 330 g/mol. The van der Waals surface area contributed by atoms with Crippen LogP contribution in [0.3, 0.4) is 0 Å². The molecule has 8 heteroatoms. The van der Waals surface area contributed by atoms with E-state index in [9.17, 15) is 8.42 Å². The molecule has 114 valence electrons. The number of hydrogen-bond acceptors (Lipinski definition) is 5. The van der Waals surface area contributed by atoms with E-state index in [-0.39, 0.29) is 5.16 Å². The summed E-state index contributed by atoms with van der Waals surface area (Å²) >= 11 is 0. The second-order valence-electron chi connectivity index (χ2n) is 4.53. The molecule has 0 spiro atoms. The van der Waals surface area contributed by atoms with Crippen LogP contribution in [0, 0.1) is 0 Å². The molecule has 2 aromatic rings. The van der Waals surface area contributed by atoms with Crippen LogP contribution in [0.2, 0.25) is 0 Å². The van der Waals surface area contributed by atoms with Gasteiger partial charge in [0.2, 0.25) is 0 Å². The van der Waals surface area contributed by atoms with E-state index in [1.165, 1.54) is 4.57 Å². The predicted octanol–water partition coefficient (Wildman–Crippen LogP) is 2.59. The lowest BCUT2D eigenvalue weighted by molar-refractivity contribution is 0.309. The summed E-state index contributed by atoms with van der Waals surface area (Å²) in [5, 5.41) is 7.20. The van der Waals surface area contributed by atoms with Crippen LogP contribution in [0.15, 0.2) is 29.4 Å². The normalized spacial score (nSPS) is 11.6.